The summed E-state index contributed by atoms with van der Waals surface area (Å²) < 4.78 is 2.28. The molecular formula is C37H40N8O14. The zero-order chi connectivity index (χ0) is 43.4. The van der Waals surface area contributed by atoms with Crippen molar-refractivity contribution in [1.29, 1.82) is 0 Å². The maximum absolute atomic E-state index is 13.9. The first-order chi connectivity index (χ1) is 27.8. The Balaban J connectivity index is 1.45. The van der Waals surface area contributed by atoms with E-state index in [2.05, 4.69) is 19.9 Å². The number of hydrogen-bond acceptors (Lipinski definition) is 18. The first-order valence-corrected chi connectivity index (χ1v) is 18.0. The molecule has 2 aromatic rings. The summed E-state index contributed by atoms with van der Waals surface area (Å²) >= 11 is 0. The number of aromatic nitrogens is 8. The van der Waals surface area contributed by atoms with Crippen LogP contribution in [0.25, 0.3) is 45.1 Å². The lowest BCUT2D eigenvalue weighted by Crippen LogP contribution is -2.47. The van der Waals surface area contributed by atoms with Gasteiger partial charge in [0.1, 0.15) is 43.0 Å². The Hall–Kier alpha value is -5.98. The minimum absolute atomic E-state index is 0.0203. The number of benzene rings is 2. The molecule has 4 heterocycles. The third-order valence-corrected chi connectivity index (χ3v) is 10.3. The molecule has 8 N–H and O–H groups in total. The Kier molecular flexibility index (Phi) is 11.8. The van der Waals surface area contributed by atoms with E-state index in [0.29, 0.717) is 11.1 Å². The lowest BCUT2D eigenvalue weighted by atomic mass is 10.1. The summed E-state index contributed by atoms with van der Waals surface area (Å²) in [7, 11) is 0. The van der Waals surface area contributed by atoms with E-state index < -0.39 is 127 Å². The summed E-state index contributed by atoms with van der Waals surface area (Å²) in [5, 5.41) is 80.5. The Labute approximate surface area is 330 Å². The van der Waals surface area contributed by atoms with Crippen molar-refractivity contribution in [2.45, 2.75) is 83.8 Å². The van der Waals surface area contributed by atoms with Crippen LogP contribution >= 0.6 is 0 Å². The molecule has 0 bridgehead atoms. The molecule has 2 aromatic carbocycles. The van der Waals surface area contributed by atoms with Crippen LogP contribution in [0.4, 0.5) is 0 Å². The van der Waals surface area contributed by atoms with Gasteiger partial charge in [-0.1, -0.05) is 0 Å². The first-order valence-electron chi connectivity index (χ1n) is 18.0. The maximum atomic E-state index is 13.9. The highest BCUT2D eigenvalue weighted by Gasteiger charge is 2.32. The minimum atomic E-state index is -1.88. The highest BCUT2D eigenvalue weighted by Crippen LogP contribution is 2.26. The van der Waals surface area contributed by atoms with Gasteiger partial charge in [-0.05, 0) is 74.2 Å². The van der Waals surface area contributed by atoms with Crippen LogP contribution in [0.3, 0.4) is 0 Å². The zero-order valence-corrected chi connectivity index (χ0v) is 31.9. The number of carbonyl (C=O) groups excluding carboxylic acids is 2. The van der Waals surface area contributed by atoms with E-state index in [0.717, 1.165) is 20.3 Å². The average Bonchev–Trinajstić information content (AvgIpc) is 3.18. The molecule has 0 radical (unpaired) electrons. The van der Waals surface area contributed by atoms with Gasteiger partial charge in [0.05, 0.1) is 48.4 Å². The molecule has 0 spiro atoms. The van der Waals surface area contributed by atoms with Gasteiger partial charge in [-0.15, -0.1) is 0 Å². The zero-order valence-electron chi connectivity index (χ0n) is 31.9. The molecule has 0 aliphatic carbocycles. The molecule has 312 valence electrons. The molecule has 0 fully saturated rings. The normalized spacial score (nSPS) is 15.1. The number of hydrogen-bond donors (Lipinski definition) is 8. The molecule has 0 aromatic heterocycles. The number of nitrogens with zero attached hydrogens (tertiary/aromatic N) is 8. The van der Waals surface area contributed by atoms with Crippen molar-refractivity contribution in [2.75, 3.05) is 13.2 Å². The summed E-state index contributed by atoms with van der Waals surface area (Å²) in [6.07, 6.45) is -12.3. The van der Waals surface area contributed by atoms with Crippen LogP contribution in [0.15, 0.2) is 43.4 Å². The SMILES string of the molecule is Cc1cc2nc3c(=O)n(C(=O)CC(=O)n4c(=O)nc5n(CC(O)C(O)C(O)CO)c6cc(C)c(C)cc6nc-5c4=O)c(=O)nc-3n(CC(O)C(O)C(O)CO)c2cc1C. The number of carbonyl (C=O) groups is 2. The molecule has 22 nitrogen and oxygen atoms in total. The van der Waals surface area contributed by atoms with Crippen molar-refractivity contribution in [2.24, 2.45) is 0 Å². The summed E-state index contributed by atoms with van der Waals surface area (Å²) in [6, 6.07) is 6.33. The second-order valence-electron chi connectivity index (χ2n) is 14.3. The van der Waals surface area contributed by atoms with E-state index in [9.17, 15) is 69.6 Å². The van der Waals surface area contributed by atoms with Crippen molar-refractivity contribution in [3.63, 3.8) is 0 Å². The molecule has 59 heavy (non-hydrogen) atoms. The molecule has 6 atom stereocenters. The molecule has 22 heteroatoms. The number of fused-ring (bicyclic) bond motifs is 4. The van der Waals surface area contributed by atoms with Gasteiger partial charge in [-0.2, -0.15) is 19.1 Å². The molecule has 4 aliphatic rings. The highest BCUT2D eigenvalue weighted by atomic mass is 16.4. The number of aryl methyl sites for hydroxylation is 4. The van der Waals surface area contributed by atoms with Crippen molar-refractivity contribution in [3.05, 3.63) is 88.2 Å². The van der Waals surface area contributed by atoms with E-state index >= 15 is 0 Å². The summed E-state index contributed by atoms with van der Waals surface area (Å²) in [4.78, 5) is 98.0. The van der Waals surface area contributed by atoms with E-state index in [-0.39, 0.29) is 31.2 Å². The fraction of sp³-hybridized carbons (Fsp3) is 0.405. The molecule has 6 unspecified atom stereocenters. The average molecular weight is 821 g/mol. The number of rotatable bonds is 12. The van der Waals surface area contributed by atoms with Gasteiger partial charge in [-0.3, -0.25) is 19.2 Å². The van der Waals surface area contributed by atoms with E-state index in [1.807, 2.05) is 0 Å². The fourth-order valence-corrected chi connectivity index (χ4v) is 6.60. The smallest absolute Gasteiger partial charge is 0.359 e. The van der Waals surface area contributed by atoms with Gasteiger partial charge < -0.3 is 50.0 Å². The molecule has 4 aliphatic heterocycles. The highest BCUT2D eigenvalue weighted by molar-refractivity contribution is 5.99. The summed E-state index contributed by atoms with van der Waals surface area (Å²) in [5.74, 6) is -3.94. The Bertz CT molecular complexity index is 2640. The largest absolute Gasteiger partial charge is 0.394 e. The van der Waals surface area contributed by atoms with E-state index in [1.165, 1.54) is 0 Å². The standard InChI is InChI=1S/C37H40N8O14/c1-14-5-18-20(7-16(14)3)42(10-22(48)30(54)24(50)12-46)32-28(38-18)34(56)44(36(58)40-32)26(52)9-27(53)45-35(57)29-33(41-37(45)59)43(11-23(49)31(55)25(51)13-47)21-8-17(4)15(2)6-19(21)39-29/h5-8,22-25,30-31,46-51,54-55H,9-13H2,1-4H3. The van der Waals surface area contributed by atoms with Crippen LogP contribution in [0.5, 0.6) is 0 Å². The second-order valence-corrected chi connectivity index (χ2v) is 14.3. The van der Waals surface area contributed by atoms with Gasteiger partial charge in [0.25, 0.3) is 11.1 Å². The molecule has 0 saturated heterocycles. The summed E-state index contributed by atoms with van der Waals surface area (Å²) in [5.41, 5.74) is -3.39. The van der Waals surface area contributed by atoms with Gasteiger partial charge in [0.15, 0.2) is 23.0 Å². The lowest BCUT2D eigenvalue weighted by molar-refractivity contribution is -0.0802. The monoisotopic (exact) mass is 820 g/mol. The van der Waals surface area contributed by atoms with Crippen molar-refractivity contribution in [3.8, 4) is 23.0 Å². The summed E-state index contributed by atoms with van der Waals surface area (Å²) in [6.45, 7) is 3.98. The third-order valence-electron chi connectivity index (χ3n) is 10.3. The second kappa shape index (κ2) is 16.3. The minimum Gasteiger partial charge on any atom is -0.394 e. The topological polar surface area (TPSA) is 336 Å². The van der Waals surface area contributed by atoms with Crippen LogP contribution in [0.1, 0.15) is 38.3 Å². The van der Waals surface area contributed by atoms with Crippen LogP contribution in [0, 0.1) is 27.7 Å². The van der Waals surface area contributed by atoms with Gasteiger partial charge in [0.2, 0.25) is 11.8 Å². The lowest BCUT2D eigenvalue weighted by Gasteiger charge is -2.25. The molecular weight excluding hydrogens is 780 g/mol. The first kappa shape index (κ1) is 42.6. The van der Waals surface area contributed by atoms with Crippen molar-refractivity contribution < 1.29 is 50.4 Å². The van der Waals surface area contributed by atoms with Crippen LogP contribution in [-0.4, -0.2) is 141 Å². The molecule has 6 rings (SSSR count). The number of aliphatic hydroxyl groups is 8. The van der Waals surface area contributed by atoms with Gasteiger partial charge in [-0.25, -0.2) is 19.6 Å². The van der Waals surface area contributed by atoms with Gasteiger partial charge >= 0.3 is 11.4 Å². The van der Waals surface area contributed by atoms with Gasteiger partial charge in [0, 0.05) is 0 Å². The van der Waals surface area contributed by atoms with Crippen LogP contribution < -0.4 is 22.5 Å². The quantitative estimate of drug-likeness (QED) is 0.0433. The predicted molar refractivity (Wildman–Crippen MR) is 204 cm³/mol. The maximum Gasteiger partial charge on any atom is 0.359 e. The van der Waals surface area contributed by atoms with E-state index in [4.69, 9.17) is 0 Å². The van der Waals surface area contributed by atoms with Crippen LogP contribution in [0.2, 0.25) is 0 Å². The van der Waals surface area contributed by atoms with Crippen molar-refractivity contribution in [1.82, 2.24) is 38.2 Å². The Morgan fingerprint density at radius 2 is 0.881 bits per heavy atom. The predicted octanol–water partition coefficient (Wildman–Crippen LogP) is -3.82. The van der Waals surface area contributed by atoms with E-state index in [1.54, 1.807) is 52.0 Å². The van der Waals surface area contributed by atoms with Crippen LogP contribution in [-0.2, 0) is 13.1 Å². The third kappa shape index (κ3) is 7.70. The fourth-order valence-electron chi connectivity index (χ4n) is 6.60. The Morgan fingerprint density at radius 3 is 1.22 bits per heavy atom. The van der Waals surface area contributed by atoms with Crippen molar-refractivity contribution >= 4 is 33.9 Å². The molecule has 0 saturated carbocycles. The number of aliphatic hydroxyl groups excluding tert-OH is 8. The Morgan fingerprint density at radius 1 is 0.542 bits per heavy atom. The molecule has 0 amide bonds.